The highest BCUT2D eigenvalue weighted by molar-refractivity contribution is 7.94. The van der Waals surface area contributed by atoms with E-state index in [-0.39, 0.29) is 14.8 Å². The van der Waals surface area contributed by atoms with Crippen molar-refractivity contribution in [2.24, 2.45) is 0 Å². The van der Waals surface area contributed by atoms with Crippen LogP contribution in [0.5, 0.6) is 0 Å². The predicted molar refractivity (Wildman–Crippen MR) is 87.6 cm³/mol. The Balaban J connectivity index is 2.22. The topological polar surface area (TPSA) is 109 Å². The molecule has 0 aliphatic carbocycles. The number of amides is 1. The summed E-state index contributed by atoms with van der Waals surface area (Å²) in [5.41, 5.74) is 0.177. The van der Waals surface area contributed by atoms with E-state index in [2.05, 4.69) is 4.72 Å². The number of rotatable bonds is 5. The number of hydrogen-bond donors (Lipinski definition) is 2. The van der Waals surface area contributed by atoms with Crippen molar-refractivity contribution < 1.29 is 21.6 Å². The van der Waals surface area contributed by atoms with Gasteiger partial charge >= 0.3 is 0 Å². The zero-order valence-electron chi connectivity index (χ0n) is 11.6. The van der Waals surface area contributed by atoms with Gasteiger partial charge in [-0.05, 0) is 36.4 Å². The summed E-state index contributed by atoms with van der Waals surface area (Å²) >= 11 is 6.61. The summed E-state index contributed by atoms with van der Waals surface area (Å²) in [5.74, 6) is -0.718. The first-order chi connectivity index (χ1) is 10.6. The molecule has 1 heterocycles. The molecule has 1 aromatic carbocycles. The molecule has 23 heavy (non-hydrogen) atoms. The molecule has 2 aromatic rings. The lowest BCUT2D eigenvalue weighted by atomic mass is 10.3. The van der Waals surface area contributed by atoms with Crippen LogP contribution in [0.3, 0.4) is 0 Å². The van der Waals surface area contributed by atoms with E-state index < -0.39 is 26.0 Å². The van der Waals surface area contributed by atoms with E-state index in [1.165, 1.54) is 36.4 Å². The van der Waals surface area contributed by atoms with Gasteiger partial charge in [-0.2, -0.15) is 0 Å². The quantitative estimate of drug-likeness (QED) is 0.806. The second-order valence-electron chi connectivity index (χ2n) is 4.35. The number of carbonyl (C=O) groups is 1. The van der Waals surface area contributed by atoms with Crippen LogP contribution in [0, 0.1) is 0 Å². The van der Waals surface area contributed by atoms with Gasteiger partial charge < -0.3 is 0 Å². The second kappa shape index (κ2) is 6.48. The van der Waals surface area contributed by atoms with Crippen LogP contribution in [-0.4, -0.2) is 22.7 Å². The number of nitrogens with one attached hydrogen (secondary N) is 2. The molecule has 0 fully saturated rings. The van der Waals surface area contributed by atoms with Gasteiger partial charge in [0.2, 0.25) is 5.91 Å². The Morgan fingerprint density at radius 2 is 1.61 bits per heavy atom. The molecule has 0 aliphatic heterocycles. The van der Waals surface area contributed by atoms with Crippen molar-refractivity contribution in [1.82, 2.24) is 4.72 Å². The normalized spacial score (nSPS) is 11.9. The zero-order chi connectivity index (χ0) is 17.3. The molecule has 124 valence electrons. The van der Waals surface area contributed by atoms with E-state index in [1.807, 2.05) is 4.72 Å². The summed E-state index contributed by atoms with van der Waals surface area (Å²) in [6, 6.07) is 7.76. The molecule has 0 unspecified atom stereocenters. The van der Waals surface area contributed by atoms with Gasteiger partial charge in [-0.3, -0.25) is 9.52 Å². The first-order valence-electron chi connectivity index (χ1n) is 6.02. The monoisotopic (exact) mass is 394 g/mol. The lowest BCUT2D eigenvalue weighted by Crippen LogP contribution is -2.28. The molecule has 0 atom stereocenters. The van der Waals surface area contributed by atoms with E-state index in [1.54, 1.807) is 0 Å². The van der Waals surface area contributed by atoms with E-state index in [0.717, 1.165) is 18.3 Å². The number of anilines is 1. The van der Waals surface area contributed by atoms with Gasteiger partial charge in [-0.1, -0.05) is 11.6 Å². The number of hydrogen-bond acceptors (Lipinski definition) is 6. The van der Waals surface area contributed by atoms with Crippen LogP contribution in [-0.2, 0) is 24.8 Å². The Hall–Kier alpha value is -1.62. The van der Waals surface area contributed by atoms with Gasteiger partial charge in [0.15, 0.2) is 0 Å². The lowest BCUT2D eigenvalue weighted by Gasteiger charge is -2.08. The number of sulfonamides is 2. The summed E-state index contributed by atoms with van der Waals surface area (Å²) in [4.78, 5) is 10.7. The Morgan fingerprint density at radius 3 is 2.09 bits per heavy atom. The molecule has 0 saturated carbocycles. The van der Waals surface area contributed by atoms with E-state index in [0.29, 0.717) is 4.34 Å². The Kier molecular flexibility index (Phi) is 4.99. The molecule has 0 radical (unpaired) electrons. The van der Waals surface area contributed by atoms with Crippen molar-refractivity contribution in [2.75, 3.05) is 4.72 Å². The molecule has 0 aliphatic rings. The molecular formula is C12H11ClN2O5S3. The fourth-order valence-electron chi connectivity index (χ4n) is 1.60. The Bertz CT molecular complexity index is 933. The van der Waals surface area contributed by atoms with Gasteiger partial charge in [-0.15, -0.1) is 11.3 Å². The molecule has 2 rings (SSSR count). The maximum atomic E-state index is 12.1. The average Bonchev–Trinajstić information content (AvgIpc) is 2.85. The molecule has 0 spiro atoms. The van der Waals surface area contributed by atoms with Crippen molar-refractivity contribution in [3.63, 3.8) is 0 Å². The van der Waals surface area contributed by atoms with Crippen LogP contribution in [0.15, 0.2) is 45.5 Å². The van der Waals surface area contributed by atoms with Crippen molar-refractivity contribution in [3.05, 3.63) is 40.7 Å². The minimum absolute atomic E-state index is 0.0393. The molecule has 1 amide bonds. The SMILES string of the molecule is CC(=O)NS(=O)(=O)c1ccc(NS(=O)(=O)c2ccc(Cl)s2)cc1. The van der Waals surface area contributed by atoms with E-state index in [4.69, 9.17) is 11.6 Å². The summed E-state index contributed by atoms with van der Waals surface area (Å²) in [5, 5.41) is 0. The summed E-state index contributed by atoms with van der Waals surface area (Å²) in [6.45, 7) is 1.08. The molecular weight excluding hydrogens is 384 g/mol. The Morgan fingerprint density at radius 1 is 1.00 bits per heavy atom. The molecule has 2 N–H and O–H groups in total. The van der Waals surface area contributed by atoms with E-state index in [9.17, 15) is 21.6 Å². The first kappa shape index (κ1) is 17.7. The molecule has 1 aromatic heterocycles. The van der Waals surface area contributed by atoms with Crippen LogP contribution >= 0.6 is 22.9 Å². The van der Waals surface area contributed by atoms with Crippen LogP contribution in [0.1, 0.15) is 6.92 Å². The van der Waals surface area contributed by atoms with Gasteiger partial charge in [0.1, 0.15) is 4.21 Å². The van der Waals surface area contributed by atoms with Crippen molar-refractivity contribution in [1.29, 1.82) is 0 Å². The minimum Gasteiger partial charge on any atom is -0.279 e. The summed E-state index contributed by atoms with van der Waals surface area (Å²) < 4.78 is 52.3. The van der Waals surface area contributed by atoms with Gasteiger partial charge in [0.25, 0.3) is 20.0 Å². The first-order valence-corrected chi connectivity index (χ1v) is 10.2. The predicted octanol–water partition coefficient (Wildman–Crippen LogP) is 2.03. The minimum atomic E-state index is -3.96. The van der Waals surface area contributed by atoms with Crippen LogP contribution in [0.25, 0.3) is 0 Å². The van der Waals surface area contributed by atoms with Crippen molar-refractivity contribution in [2.45, 2.75) is 16.0 Å². The molecule has 11 heteroatoms. The van der Waals surface area contributed by atoms with Crippen LogP contribution in [0.2, 0.25) is 4.34 Å². The number of benzene rings is 1. The van der Waals surface area contributed by atoms with Crippen LogP contribution < -0.4 is 9.44 Å². The number of carbonyl (C=O) groups excluding carboxylic acids is 1. The standard InChI is InChI=1S/C12H11ClN2O5S3/c1-8(16)14-22(17,18)10-4-2-9(3-5-10)15-23(19,20)12-7-6-11(13)21-12/h2-7,15H,1H3,(H,14,16). The average molecular weight is 395 g/mol. The third-order valence-corrected chi connectivity index (χ3v) is 7.06. The molecule has 7 nitrogen and oxygen atoms in total. The van der Waals surface area contributed by atoms with Crippen LogP contribution in [0.4, 0.5) is 5.69 Å². The highest BCUT2D eigenvalue weighted by Gasteiger charge is 2.18. The zero-order valence-corrected chi connectivity index (χ0v) is 14.8. The molecule has 0 bridgehead atoms. The second-order valence-corrected chi connectivity index (χ2v) is 9.66. The largest absolute Gasteiger partial charge is 0.279 e. The number of thiophene rings is 1. The van der Waals surface area contributed by atoms with Gasteiger partial charge in [-0.25, -0.2) is 21.6 Å². The summed E-state index contributed by atoms with van der Waals surface area (Å²) in [6.07, 6.45) is 0. The smallest absolute Gasteiger partial charge is 0.271 e. The third kappa shape index (κ3) is 4.44. The lowest BCUT2D eigenvalue weighted by molar-refractivity contribution is -0.117. The fraction of sp³-hybridized carbons (Fsp3) is 0.0833. The van der Waals surface area contributed by atoms with E-state index >= 15 is 0 Å². The molecule has 0 saturated heterocycles. The highest BCUT2D eigenvalue weighted by atomic mass is 35.5. The highest BCUT2D eigenvalue weighted by Crippen LogP contribution is 2.27. The van der Waals surface area contributed by atoms with Gasteiger partial charge in [0.05, 0.1) is 9.23 Å². The summed E-state index contributed by atoms with van der Waals surface area (Å²) in [7, 11) is -7.76. The van der Waals surface area contributed by atoms with Crippen molar-refractivity contribution >= 4 is 54.6 Å². The van der Waals surface area contributed by atoms with Crippen molar-refractivity contribution in [3.8, 4) is 0 Å². The van der Waals surface area contributed by atoms with Gasteiger partial charge in [0, 0.05) is 12.6 Å². The fourth-order valence-corrected chi connectivity index (χ4v) is 5.13. The number of halogens is 1. The maximum Gasteiger partial charge on any atom is 0.271 e. The maximum absolute atomic E-state index is 12.1. The third-order valence-electron chi connectivity index (χ3n) is 2.51. The Labute approximate surface area is 142 Å².